The van der Waals surface area contributed by atoms with E-state index < -0.39 is 12.1 Å². The molecule has 1 heterocycles. The number of phenols is 3. The van der Waals surface area contributed by atoms with E-state index in [0.29, 0.717) is 17.7 Å². The molecular formula is C18H19NO6. The molecule has 0 aromatic heterocycles. The minimum atomic E-state index is -0.713. The predicted molar refractivity (Wildman–Crippen MR) is 90.4 cm³/mol. The van der Waals surface area contributed by atoms with Crippen LogP contribution in [0.25, 0.3) is 0 Å². The van der Waals surface area contributed by atoms with Crippen molar-refractivity contribution in [1.82, 2.24) is 0 Å². The minimum Gasteiger partial charge on any atom is -0.508 e. The molecule has 7 nitrogen and oxygen atoms in total. The summed E-state index contributed by atoms with van der Waals surface area (Å²) in [6, 6.07) is 8.34. The van der Waals surface area contributed by atoms with Gasteiger partial charge in [0.05, 0.1) is 30.5 Å². The molecule has 0 bridgehead atoms. The fourth-order valence-corrected chi connectivity index (χ4v) is 2.79. The lowest BCUT2D eigenvalue weighted by atomic mass is 9.94. The summed E-state index contributed by atoms with van der Waals surface area (Å²) >= 11 is 0. The Balaban J connectivity index is 2.06. The minimum absolute atomic E-state index is 0.129. The average Bonchev–Trinajstić information content (AvgIpc) is 2.59. The van der Waals surface area contributed by atoms with Gasteiger partial charge in [0, 0.05) is 18.6 Å². The van der Waals surface area contributed by atoms with Crippen molar-refractivity contribution in [2.45, 2.75) is 18.6 Å². The molecule has 0 saturated heterocycles. The van der Waals surface area contributed by atoms with E-state index >= 15 is 0 Å². The van der Waals surface area contributed by atoms with Gasteiger partial charge in [0.2, 0.25) is 0 Å². The summed E-state index contributed by atoms with van der Waals surface area (Å²) in [6.45, 7) is -0.669. The van der Waals surface area contributed by atoms with Gasteiger partial charge in [-0.15, -0.1) is 0 Å². The molecule has 0 spiro atoms. The van der Waals surface area contributed by atoms with Crippen LogP contribution in [0.1, 0.15) is 23.7 Å². The van der Waals surface area contributed by atoms with Crippen LogP contribution in [-0.2, 0) is 0 Å². The maximum atomic E-state index is 10.2. The van der Waals surface area contributed by atoms with Gasteiger partial charge in [-0.05, 0) is 17.7 Å². The van der Waals surface area contributed by atoms with E-state index in [2.05, 4.69) is 4.99 Å². The van der Waals surface area contributed by atoms with Crippen molar-refractivity contribution in [3.63, 3.8) is 0 Å². The van der Waals surface area contributed by atoms with Crippen LogP contribution in [0.4, 0.5) is 0 Å². The number of hydrogen-bond donors (Lipinski definition) is 5. The Morgan fingerprint density at radius 2 is 1.68 bits per heavy atom. The molecule has 1 atom stereocenters. The Hall–Kier alpha value is -2.77. The van der Waals surface area contributed by atoms with Crippen LogP contribution < -0.4 is 4.74 Å². The Morgan fingerprint density at radius 1 is 1.00 bits per heavy atom. The van der Waals surface area contributed by atoms with Gasteiger partial charge in [0.1, 0.15) is 29.1 Å². The molecule has 7 heteroatoms. The number of aromatic hydroxyl groups is 3. The number of fused-ring (bicyclic) bond motifs is 1. The van der Waals surface area contributed by atoms with Crippen LogP contribution in [-0.4, -0.2) is 50.5 Å². The van der Waals surface area contributed by atoms with E-state index in [9.17, 15) is 25.5 Å². The zero-order chi connectivity index (χ0) is 18.0. The summed E-state index contributed by atoms with van der Waals surface area (Å²) in [6.07, 6.45) is -0.154. The largest absolute Gasteiger partial charge is 0.508 e. The topological polar surface area (TPSA) is 123 Å². The van der Waals surface area contributed by atoms with E-state index in [1.807, 2.05) is 0 Å². The summed E-state index contributed by atoms with van der Waals surface area (Å²) in [5.41, 5.74) is 1.58. The summed E-state index contributed by atoms with van der Waals surface area (Å²) in [4.78, 5) is 4.34. The average molecular weight is 345 g/mol. The first-order chi connectivity index (χ1) is 12.0. The molecule has 1 aliphatic rings. The highest BCUT2D eigenvalue weighted by molar-refractivity contribution is 6.06. The van der Waals surface area contributed by atoms with Crippen molar-refractivity contribution in [1.29, 1.82) is 0 Å². The standard InChI is InChI=1S/C18H19NO6/c20-8-11(9-21)19-14-7-16(10-1-3-12(22)4-2-10)25-17-6-13(23)5-15(24)18(14)17/h1-6,11,16,20-24H,7-9H2. The van der Waals surface area contributed by atoms with Crippen LogP contribution in [0, 0.1) is 0 Å². The van der Waals surface area contributed by atoms with E-state index in [0.717, 1.165) is 5.56 Å². The fourth-order valence-electron chi connectivity index (χ4n) is 2.79. The van der Waals surface area contributed by atoms with Gasteiger partial charge >= 0.3 is 0 Å². The lowest BCUT2D eigenvalue weighted by Crippen LogP contribution is -2.25. The third kappa shape index (κ3) is 3.52. The number of aliphatic imine (C=N–C) groups is 1. The van der Waals surface area contributed by atoms with Crippen LogP contribution in [0.2, 0.25) is 0 Å². The van der Waals surface area contributed by atoms with Gasteiger partial charge in [-0.2, -0.15) is 0 Å². The van der Waals surface area contributed by atoms with Crippen molar-refractivity contribution in [2.24, 2.45) is 4.99 Å². The second kappa shape index (κ2) is 7.00. The number of aliphatic hydroxyl groups excluding tert-OH is 2. The summed E-state index contributed by atoms with van der Waals surface area (Å²) in [5.74, 6) is 0.0512. The van der Waals surface area contributed by atoms with E-state index in [-0.39, 0.29) is 36.2 Å². The number of ether oxygens (including phenoxy) is 1. The summed E-state index contributed by atoms with van der Waals surface area (Å²) in [7, 11) is 0. The van der Waals surface area contributed by atoms with E-state index in [1.165, 1.54) is 24.3 Å². The second-order valence-corrected chi connectivity index (χ2v) is 5.83. The van der Waals surface area contributed by atoms with Gasteiger partial charge in [-0.1, -0.05) is 12.1 Å². The number of aliphatic hydroxyl groups is 2. The van der Waals surface area contributed by atoms with E-state index in [4.69, 9.17) is 4.74 Å². The zero-order valence-corrected chi connectivity index (χ0v) is 13.3. The fraction of sp³-hybridized carbons (Fsp3) is 0.278. The second-order valence-electron chi connectivity index (χ2n) is 5.83. The van der Waals surface area contributed by atoms with Crippen LogP contribution in [0.3, 0.4) is 0 Å². The molecule has 2 aromatic rings. The first-order valence-electron chi connectivity index (χ1n) is 7.82. The molecule has 5 N–H and O–H groups in total. The lowest BCUT2D eigenvalue weighted by molar-refractivity contribution is 0.190. The number of benzene rings is 2. The first-order valence-corrected chi connectivity index (χ1v) is 7.82. The highest BCUT2D eigenvalue weighted by Crippen LogP contribution is 2.42. The molecule has 0 radical (unpaired) electrons. The van der Waals surface area contributed by atoms with Gasteiger partial charge in [0.25, 0.3) is 0 Å². The Bertz CT molecular complexity index is 783. The molecule has 0 aliphatic carbocycles. The van der Waals surface area contributed by atoms with Gasteiger partial charge < -0.3 is 30.3 Å². The quantitative estimate of drug-likeness (QED) is 0.572. The molecule has 1 aliphatic heterocycles. The van der Waals surface area contributed by atoms with Crippen molar-refractivity contribution in [3.8, 4) is 23.0 Å². The molecule has 1 unspecified atom stereocenters. The lowest BCUT2D eigenvalue weighted by Gasteiger charge is -2.29. The molecule has 3 rings (SSSR count). The highest BCUT2D eigenvalue weighted by Gasteiger charge is 2.30. The molecule has 25 heavy (non-hydrogen) atoms. The maximum Gasteiger partial charge on any atom is 0.136 e. The molecule has 2 aromatic carbocycles. The smallest absolute Gasteiger partial charge is 0.136 e. The van der Waals surface area contributed by atoms with Crippen LogP contribution in [0.15, 0.2) is 41.4 Å². The third-order valence-electron chi connectivity index (χ3n) is 4.03. The van der Waals surface area contributed by atoms with Gasteiger partial charge in [-0.25, -0.2) is 0 Å². The highest BCUT2D eigenvalue weighted by atomic mass is 16.5. The first kappa shape index (κ1) is 17.1. The van der Waals surface area contributed by atoms with Crippen molar-refractivity contribution < 1.29 is 30.3 Å². The number of rotatable bonds is 4. The third-order valence-corrected chi connectivity index (χ3v) is 4.03. The molecular weight excluding hydrogens is 326 g/mol. The Morgan fingerprint density at radius 3 is 2.32 bits per heavy atom. The van der Waals surface area contributed by atoms with Crippen molar-refractivity contribution >= 4 is 5.71 Å². The van der Waals surface area contributed by atoms with Gasteiger partial charge in [0.15, 0.2) is 0 Å². The van der Waals surface area contributed by atoms with Crippen LogP contribution in [0.5, 0.6) is 23.0 Å². The monoisotopic (exact) mass is 345 g/mol. The molecule has 0 saturated carbocycles. The molecule has 0 amide bonds. The molecule has 132 valence electrons. The number of nitrogens with zero attached hydrogens (tertiary/aromatic N) is 1. The van der Waals surface area contributed by atoms with Crippen LogP contribution >= 0.6 is 0 Å². The Kier molecular flexibility index (Phi) is 4.78. The molecule has 0 fully saturated rings. The zero-order valence-electron chi connectivity index (χ0n) is 13.3. The Labute approximate surface area is 144 Å². The number of hydrogen-bond acceptors (Lipinski definition) is 7. The van der Waals surface area contributed by atoms with Crippen molar-refractivity contribution in [2.75, 3.05) is 13.2 Å². The number of phenolic OH excluding ortho intramolecular Hbond substituents is 3. The SMILES string of the molecule is OCC(CO)N=C1CC(c2ccc(O)cc2)Oc2cc(O)cc(O)c21. The maximum absolute atomic E-state index is 10.2. The predicted octanol–water partition coefficient (Wildman–Crippen LogP) is 1.47. The summed E-state index contributed by atoms with van der Waals surface area (Å²) in [5, 5.41) is 48.0. The normalized spacial score (nSPS) is 18.2. The van der Waals surface area contributed by atoms with Gasteiger partial charge in [-0.3, -0.25) is 4.99 Å². The van der Waals surface area contributed by atoms with E-state index in [1.54, 1.807) is 12.1 Å². The summed E-state index contributed by atoms with van der Waals surface area (Å²) < 4.78 is 5.89. The van der Waals surface area contributed by atoms with Crippen molar-refractivity contribution in [3.05, 3.63) is 47.5 Å².